The summed E-state index contributed by atoms with van der Waals surface area (Å²) in [4.78, 5) is 17.1. The molecule has 4 heteroatoms. The van der Waals surface area contributed by atoms with E-state index in [1.807, 2.05) is 24.3 Å². The zero-order chi connectivity index (χ0) is 14.1. The normalized spacial score (nSPS) is 15.1. The maximum atomic E-state index is 12.5. The maximum absolute atomic E-state index is 12.5. The fourth-order valence-corrected chi connectivity index (χ4v) is 2.80. The van der Waals surface area contributed by atoms with Crippen molar-refractivity contribution in [2.24, 2.45) is 0 Å². The molecule has 0 saturated heterocycles. The third-order valence-electron chi connectivity index (χ3n) is 3.70. The zero-order valence-electron chi connectivity index (χ0n) is 11.5. The van der Waals surface area contributed by atoms with E-state index in [-0.39, 0.29) is 12.5 Å². The number of amides is 1. The van der Waals surface area contributed by atoms with E-state index in [9.17, 15) is 9.90 Å². The molecule has 1 unspecified atom stereocenters. The Bertz CT molecular complexity index is 665. The average molecular weight is 270 g/mol. The van der Waals surface area contributed by atoms with Crippen molar-refractivity contribution in [2.75, 3.05) is 6.54 Å². The number of benzene rings is 1. The molecule has 0 radical (unpaired) electrons. The van der Waals surface area contributed by atoms with Crippen molar-refractivity contribution in [1.29, 1.82) is 0 Å². The summed E-state index contributed by atoms with van der Waals surface area (Å²) >= 11 is 0. The number of carbonyl (C=O) groups excluding carboxylic acids is 1. The highest BCUT2D eigenvalue weighted by Gasteiger charge is 2.23. The predicted octanol–water partition coefficient (Wildman–Crippen LogP) is 1.83. The van der Waals surface area contributed by atoms with E-state index in [1.165, 1.54) is 0 Å². The van der Waals surface area contributed by atoms with Crippen LogP contribution >= 0.6 is 0 Å². The van der Waals surface area contributed by atoms with Gasteiger partial charge in [0.05, 0.1) is 17.2 Å². The first-order chi connectivity index (χ1) is 9.66. The van der Waals surface area contributed by atoms with Gasteiger partial charge in [-0.2, -0.15) is 0 Å². The number of aromatic nitrogens is 1. The summed E-state index contributed by atoms with van der Waals surface area (Å²) < 4.78 is 0. The Morgan fingerprint density at radius 3 is 3.00 bits per heavy atom. The number of para-hydroxylation sites is 1. The SMILES string of the molecule is CC(O)CNC(=O)c1c2c(nc3ccccc13)CCC2. The number of carbonyl (C=O) groups is 1. The third kappa shape index (κ3) is 2.27. The van der Waals surface area contributed by atoms with Gasteiger partial charge in [0.1, 0.15) is 0 Å². The first-order valence-electron chi connectivity index (χ1n) is 7.03. The Morgan fingerprint density at radius 2 is 2.20 bits per heavy atom. The molecule has 0 spiro atoms. The number of aliphatic hydroxyl groups is 1. The lowest BCUT2D eigenvalue weighted by atomic mass is 10.0. The standard InChI is InChI=1S/C16H18N2O2/c1-10(19)9-17-16(20)15-11-5-2-3-7-13(11)18-14-8-4-6-12(14)15/h2-3,5,7,10,19H,4,6,8-9H2,1H3,(H,17,20). The quantitative estimate of drug-likeness (QED) is 0.894. The minimum Gasteiger partial charge on any atom is -0.392 e. The van der Waals surface area contributed by atoms with Crippen LogP contribution in [0, 0.1) is 0 Å². The Hall–Kier alpha value is -1.94. The second-order valence-electron chi connectivity index (χ2n) is 5.34. The molecule has 1 aliphatic carbocycles. The smallest absolute Gasteiger partial charge is 0.252 e. The van der Waals surface area contributed by atoms with Gasteiger partial charge in [-0.15, -0.1) is 0 Å². The Morgan fingerprint density at radius 1 is 1.40 bits per heavy atom. The molecule has 1 aromatic carbocycles. The number of nitrogens with zero attached hydrogens (tertiary/aromatic N) is 1. The van der Waals surface area contributed by atoms with Crippen molar-refractivity contribution >= 4 is 16.8 Å². The summed E-state index contributed by atoms with van der Waals surface area (Å²) in [6.45, 7) is 1.93. The molecule has 2 aromatic rings. The minimum atomic E-state index is -0.542. The highest BCUT2D eigenvalue weighted by atomic mass is 16.3. The van der Waals surface area contributed by atoms with E-state index in [2.05, 4.69) is 10.3 Å². The number of hydrogen-bond donors (Lipinski definition) is 2. The molecule has 1 heterocycles. The molecular weight excluding hydrogens is 252 g/mol. The van der Waals surface area contributed by atoms with Crippen molar-refractivity contribution in [3.63, 3.8) is 0 Å². The maximum Gasteiger partial charge on any atom is 0.252 e. The number of aliphatic hydroxyl groups excluding tert-OH is 1. The van der Waals surface area contributed by atoms with Crippen LogP contribution < -0.4 is 5.32 Å². The molecule has 4 nitrogen and oxygen atoms in total. The average Bonchev–Trinajstić information content (AvgIpc) is 2.89. The van der Waals surface area contributed by atoms with Crippen LogP contribution in [0.25, 0.3) is 10.9 Å². The van der Waals surface area contributed by atoms with Gasteiger partial charge in [-0.1, -0.05) is 18.2 Å². The lowest BCUT2D eigenvalue weighted by Gasteiger charge is -2.13. The summed E-state index contributed by atoms with van der Waals surface area (Å²) in [5, 5.41) is 13.0. The summed E-state index contributed by atoms with van der Waals surface area (Å²) in [5.74, 6) is -0.109. The van der Waals surface area contributed by atoms with Gasteiger partial charge < -0.3 is 10.4 Å². The number of aryl methyl sites for hydroxylation is 1. The van der Waals surface area contributed by atoms with Crippen LogP contribution in [-0.4, -0.2) is 28.6 Å². The number of fused-ring (bicyclic) bond motifs is 2. The van der Waals surface area contributed by atoms with Gasteiger partial charge in [0.2, 0.25) is 0 Å². The molecule has 0 saturated carbocycles. The van der Waals surface area contributed by atoms with Gasteiger partial charge in [-0.3, -0.25) is 9.78 Å². The Balaban J connectivity index is 2.10. The summed E-state index contributed by atoms with van der Waals surface area (Å²) in [7, 11) is 0. The van der Waals surface area contributed by atoms with E-state index in [0.29, 0.717) is 0 Å². The molecule has 2 N–H and O–H groups in total. The van der Waals surface area contributed by atoms with Crippen LogP contribution in [0.2, 0.25) is 0 Å². The monoisotopic (exact) mass is 270 g/mol. The van der Waals surface area contributed by atoms with Gasteiger partial charge in [0, 0.05) is 17.6 Å². The fraction of sp³-hybridized carbons (Fsp3) is 0.375. The number of rotatable bonds is 3. The molecule has 0 fully saturated rings. The topological polar surface area (TPSA) is 62.2 Å². The van der Waals surface area contributed by atoms with E-state index < -0.39 is 6.10 Å². The predicted molar refractivity (Wildman–Crippen MR) is 77.8 cm³/mol. The van der Waals surface area contributed by atoms with Gasteiger partial charge >= 0.3 is 0 Å². The largest absolute Gasteiger partial charge is 0.392 e. The Labute approximate surface area is 117 Å². The molecular formula is C16H18N2O2. The molecule has 104 valence electrons. The van der Waals surface area contributed by atoms with Crippen molar-refractivity contribution in [3.8, 4) is 0 Å². The van der Waals surface area contributed by atoms with E-state index in [1.54, 1.807) is 6.92 Å². The van der Waals surface area contributed by atoms with Crippen LogP contribution in [0.1, 0.15) is 35.0 Å². The Kier molecular flexibility index (Phi) is 3.40. The first kappa shape index (κ1) is 13.1. The first-order valence-corrected chi connectivity index (χ1v) is 7.03. The van der Waals surface area contributed by atoms with Gasteiger partial charge in [-0.25, -0.2) is 0 Å². The van der Waals surface area contributed by atoms with Crippen LogP contribution in [0.4, 0.5) is 0 Å². The summed E-state index contributed by atoms with van der Waals surface area (Å²) in [5.41, 5.74) is 3.73. The number of hydrogen-bond acceptors (Lipinski definition) is 3. The third-order valence-corrected chi connectivity index (χ3v) is 3.70. The highest BCUT2D eigenvalue weighted by molar-refractivity contribution is 6.07. The zero-order valence-corrected chi connectivity index (χ0v) is 11.5. The van der Waals surface area contributed by atoms with Crippen molar-refractivity contribution in [1.82, 2.24) is 10.3 Å². The molecule has 1 amide bonds. The van der Waals surface area contributed by atoms with Crippen molar-refractivity contribution < 1.29 is 9.90 Å². The second-order valence-corrected chi connectivity index (χ2v) is 5.34. The molecule has 1 aliphatic rings. The number of nitrogens with one attached hydrogen (secondary N) is 1. The van der Waals surface area contributed by atoms with E-state index >= 15 is 0 Å². The molecule has 1 atom stereocenters. The lowest BCUT2D eigenvalue weighted by molar-refractivity contribution is 0.0924. The van der Waals surface area contributed by atoms with Crippen LogP contribution in [0.15, 0.2) is 24.3 Å². The molecule has 1 aromatic heterocycles. The molecule has 0 bridgehead atoms. The van der Waals surface area contributed by atoms with Crippen LogP contribution in [-0.2, 0) is 12.8 Å². The highest BCUT2D eigenvalue weighted by Crippen LogP contribution is 2.29. The second kappa shape index (κ2) is 5.21. The summed E-state index contributed by atoms with van der Waals surface area (Å²) in [6, 6.07) is 7.75. The fourth-order valence-electron chi connectivity index (χ4n) is 2.80. The lowest BCUT2D eigenvalue weighted by Crippen LogP contribution is -2.31. The van der Waals surface area contributed by atoms with Crippen LogP contribution in [0.5, 0.6) is 0 Å². The van der Waals surface area contributed by atoms with Gasteiger partial charge in [-0.05, 0) is 37.8 Å². The van der Waals surface area contributed by atoms with Crippen LogP contribution in [0.3, 0.4) is 0 Å². The summed E-state index contributed by atoms with van der Waals surface area (Å²) in [6.07, 6.45) is 2.36. The van der Waals surface area contributed by atoms with Gasteiger partial charge in [0.25, 0.3) is 5.91 Å². The minimum absolute atomic E-state index is 0.109. The van der Waals surface area contributed by atoms with E-state index in [0.717, 1.165) is 47.0 Å². The molecule has 0 aliphatic heterocycles. The van der Waals surface area contributed by atoms with Crippen molar-refractivity contribution in [3.05, 3.63) is 41.1 Å². The van der Waals surface area contributed by atoms with E-state index in [4.69, 9.17) is 0 Å². The number of pyridine rings is 1. The van der Waals surface area contributed by atoms with Gasteiger partial charge in [0.15, 0.2) is 0 Å². The molecule has 20 heavy (non-hydrogen) atoms. The van der Waals surface area contributed by atoms with Crippen molar-refractivity contribution in [2.45, 2.75) is 32.3 Å². The molecule has 3 rings (SSSR count).